The number of nitrogen functional groups attached to an aromatic ring is 1. The number of nitriles is 1. The second kappa shape index (κ2) is 8.90. The van der Waals surface area contributed by atoms with Crippen LogP contribution in [0.5, 0.6) is 0 Å². The third kappa shape index (κ3) is 5.10. The van der Waals surface area contributed by atoms with Gasteiger partial charge >= 0.3 is 0 Å². The molecule has 1 aromatic carbocycles. The first-order valence-corrected chi connectivity index (χ1v) is 8.42. The quantitative estimate of drug-likeness (QED) is 0.505. The van der Waals surface area contributed by atoms with Gasteiger partial charge in [0.2, 0.25) is 0 Å². The topological polar surface area (TPSA) is 95.9 Å². The van der Waals surface area contributed by atoms with Crippen LogP contribution in [-0.2, 0) is 7.05 Å². The third-order valence-electron chi connectivity index (χ3n) is 4.22. The molecule has 0 bridgehead atoms. The van der Waals surface area contributed by atoms with E-state index in [1.165, 1.54) is 0 Å². The first-order chi connectivity index (χ1) is 12.0. The Kier molecular flexibility index (Phi) is 6.61. The molecule has 1 heterocycles. The van der Waals surface area contributed by atoms with Crippen molar-refractivity contribution in [2.75, 3.05) is 30.7 Å². The van der Waals surface area contributed by atoms with Crippen molar-refractivity contribution >= 4 is 11.4 Å². The number of rotatable bonds is 8. The Morgan fingerprint density at radius 2 is 2.12 bits per heavy atom. The van der Waals surface area contributed by atoms with E-state index in [4.69, 9.17) is 11.0 Å². The van der Waals surface area contributed by atoms with E-state index in [2.05, 4.69) is 23.6 Å². The van der Waals surface area contributed by atoms with Crippen LogP contribution in [0.3, 0.4) is 0 Å². The lowest BCUT2D eigenvalue weighted by Gasteiger charge is -2.14. The normalized spacial score (nSPS) is 11.7. The molecule has 2 aromatic rings. The minimum absolute atomic E-state index is 0.0192. The van der Waals surface area contributed by atoms with E-state index in [1.807, 2.05) is 18.2 Å². The van der Waals surface area contributed by atoms with Crippen LogP contribution >= 0.6 is 0 Å². The fourth-order valence-corrected chi connectivity index (χ4v) is 2.56. The Morgan fingerprint density at radius 1 is 1.32 bits per heavy atom. The molecule has 4 N–H and O–H groups in total. The fraction of sp³-hybridized carbons (Fsp3) is 0.368. The van der Waals surface area contributed by atoms with Crippen molar-refractivity contribution in [3.63, 3.8) is 0 Å². The summed E-state index contributed by atoms with van der Waals surface area (Å²) in [5.41, 5.74) is 8.79. The molecule has 132 valence electrons. The minimum atomic E-state index is 0.0192. The zero-order chi connectivity index (χ0) is 18.2. The van der Waals surface area contributed by atoms with E-state index in [0.717, 1.165) is 37.3 Å². The van der Waals surface area contributed by atoms with Crippen LogP contribution in [0.25, 0.3) is 0 Å². The minimum Gasteiger partial charge on any atom is -0.396 e. The average molecular weight is 339 g/mol. The van der Waals surface area contributed by atoms with E-state index >= 15 is 0 Å². The smallest absolute Gasteiger partial charge is 0.250 e. The van der Waals surface area contributed by atoms with Gasteiger partial charge in [-0.3, -0.25) is 4.79 Å². The van der Waals surface area contributed by atoms with Gasteiger partial charge in [0.15, 0.2) is 0 Å². The number of hydrogen-bond donors (Lipinski definition) is 3. The van der Waals surface area contributed by atoms with E-state index in [0.29, 0.717) is 11.3 Å². The fourth-order valence-electron chi connectivity index (χ4n) is 2.56. The van der Waals surface area contributed by atoms with Crippen molar-refractivity contribution < 1.29 is 0 Å². The number of nitrogens with one attached hydrogen (secondary N) is 2. The summed E-state index contributed by atoms with van der Waals surface area (Å²) in [5, 5.41) is 15.6. The van der Waals surface area contributed by atoms with Crippen LogP contribution in [0.4, 0.5) is 11.4 Å². The Bertz CT molecular complexity index is 806. The van der Waals surface area contributed by atoms with Crippen molar-refractivity contribution in [3.8, 4) is 6.07 Å². The van der Waals surface area contributed by atoms with Crippen molar-refractivity contribution in [3.05, 3.63) is 58.0 Å². The van der Waals surface area contributed by atoms with E-state index in [-0.39, 0.29) is 11.5 Å². The van der Waals surface area contributed by atoms with Crippen LogP contribution in [0.15, 0.2) is 41.3 Å². The number of para-hydroxylation sites is 1. The predicted octanol–water partition coefficient (Wildman–Crippen LogP) is 2.03. The third-order valence-corrected chi connectivity index (χ3v) is 4.22. The summed E-state index contributed by atoms with van der Waals surface area (Å²) in [6.45, 7) is 4.56. The van der Waals surface area contributed by atoms with Crippen molar-refractivity contribution in [1.82, 2.24) is 9.88 Å². The molecule has 1 aromatic heterocycles. The highest BCUT2D eigenvalue weighted by Crippen LogP contribution is 2.21. The molecule has 0 spiro atoms. The van der Waals surface area contributed by atoms with Crippen LogP contribution in [0.2, 0.25) is 0 Å². The zero-order valence-corrected chi connectivity index (χ0v) is 14.7. The summed E-state index contributed by atoms with van der Waals surface area (Å²) in [6.07, 6.45) is 2.73. The molecule has 0 saturated heterocycles. The largest absolute Gasteiger partial charge is 0.396 e. The first kappa shape index (κ1) is 18.6. The summed E-state index contributed by atoms with van der Waals surface area (Å²) in [6, 6.07) is 11.2. The Balaban J connectivity index is 1.71. The first-order valence-electron chi connectivity index (χ1n) is 8.42. The van der Waals surface area contributed by atoms with Gasteiger partial charge in [0.25, 0.3) is 5.56 Å². The van der Waals surface area contributed by atoms with Gasteiger partial charge < -0.3 is 20.9 Å². The van der Waals surface area contributed by atoms with Crippen molar-refractivity contribution in [1.29, 1.82) is 5.26 Å². The molecule has 0 radical (unpaired) electrons. The van der Waals surface area contributed by atoms with Gasteiger partial charge in [-0.05, 0) is 42.6 Å². The average Bonchev–Trinajstić information content (AvgIpc) is 2.61. The molecule has 6 heteroatoms. The van der Waals surface area contributed by atoms with Crippen LogP contribution in [0.1, 0.15) is 30.4 Å². The Hall–Kier alpha value is -2.78. The highest BCUT2D eigenvalue weighted by Gasteiger charge is 2.06. The molecular formula is C19H25N5O. The van der Waals surface area contributed by atoms with Gasteiger partial charge in [-0.25, -0.2) is 0 Å². The number of benzene rings is 1. The van der Waals surface area contributed by atoms with Gasteiger partial charge in [0.1, 0.15) is 6.07 Å². The molecule has 0 aliphatic rings. The number of anilines is 2. The summed E-state index contributed by atoms with van der Waals surface area (Å²) in [4.78, 5) is 11.7. The van der Waals surface area contributed by atoms with Gasteiger partial charge in [-0.2, -0.15) is 5.26 Å². The van der Waals surface area contributed by atoms with E-state index < -0.39 is 0 Å². The molecule has 0 aliphatic carbocycles. The van der Waals surface area contributed by atoms with E-state index in [9.17, 15) is 4.79 Å². The lowest BCUT2D eigenvalue weighted by Crippen LogP contribution is -2.24. The maximum atomic E-state index is 11.7. The molecule has 0 fully saturated rings. The van der Waals surface area contributed by atoms with Crippen LogP contribution in [0, 0.1) is 11.3 Å². The Morgan fingerprint density at radius 3 is 2.84 bits per heavy atom. The summed E-state index contributed by atoms with van der Waals surface area (Å²) in [5.74, 6) is 0.282. The van der Waals surface area contributed by atoms with Crippen molar-refractivity contribution in [2.45, 2.75) is 19.3 Å². The Labute approximate surface area is 148 Å². The molecule has 1 unspecified atom stereocenters. The number of aromatic nitrogens is 1. The van der Waals surface area contributed by atoms with Gasteiger partial charge in [-0.15, -0.1) is 0 Å². The molecule has 0 aliphatic heterocycles. The molecule has 0 saturated carbocycles. The monoisotopic (exact) mass is 339 g/mol. The lowest BCUT2D eigenvalue weighted by atomic mass is 10.0. The molecule has 6 nitrogen and oxygen atoms in total. The molecular weight excluding hydrogens is 314 g/mol. The maximum absolute atomic E-state index is 11.7. The lowest BCUT2D eigenvalue weighted by molar-refractivity contribution is 0.601. The number of nitrogens with two attached hydrogens (primary N) is 1. The summed E-state index contributed by atoms with van der Waals surface area (Å²) >= 11 is 0. The van der Waals surface area contributed by atoms with Crippen molar-refractivity contribution in [2.24, 2.45) is 7.05 Å². The highest BCUT2D eigenvalue weighted by molar-refractivity contribution is 5.72. The summed E-state index contributed by atoms with van der Waals surface area (Å²) < 4.78 is 1.57. The predicted molar refractivity (Wildman–Crippen MR) is 102 cm³/mol. The standard InChI is InChI=1S/C19H25N5O/c1-14(15-7-10-24(2)18(25)11-15)13-22-8-4-9-23-17-6-3-5-16(12-20)19(17)21/h3,5-7,10-11,14,22-23H,4,8-9,13,21H2,1-2H3. The molecule has 2 rings (SSSR count). The summed E-state index contributed by atoms with van der Waals surface area (Å²) in [7, 11) is 1.75. The maximum Gasteiger partial charge on any atom is 0.250 e. The number of aryl methyl sites for hydroxylation is 1. The second-order valence-corrected chi connectivity index (χ2v) is 6.17. The number of pyridine rings is 1. The number of nitrogens with zero attached hydrogens (tertiary/aromatic N) is 2. The molecule has 0 amide bonds. The van der Waals surface area contributed by atoms with Crippen LogP contribution in [-0.4, -0.2) is 24.2 Å². The SMILES string of the molecule is CC(CNCCCNc1cccc(C#N)c1N)c1ccn(C)c(=O)c1. The second-order valence-electron chi connectivity index (χ2n) is 6.17. The molecule has 25 heavy (non-hydrogen) atoms. The van der Waals surface area contributed by atoms with Crippen LogP contribution < -0.4 is 21.9 Å². The van der Waals surface area contributed by atoms with Gasteiger partial charge in [0, 0.05) is 32.4 Å². The molecule has 1 atom stereocenters. The number of hydrogen-bond acceptors (Lipinski definition) is 5. The highest BCUT2D eigenvalue weighted by atomic mass is 16.1. The van der Waals surface area contributed by atoms with E-state index in [1.54, 1.807) is 29.9 Å². The van der Waals surface area contributed by atoms with Gasteiger partial charge in [-0.1, -0.05) is 13.0 Å². The zero-order valence-electron chi connectivity index (χ0n) is 14.7. The van der Waals surface area contributed by atoms with Gasteiger partial charge in [0.05, 0.1) is 16.9 Å².